The normalized spacial score (nSPS) is 17.1. The number of nitrogens with two attached hydrogens (primary N) is 1. The van der Waals surface area contributed by atoms with Crippen LogP contribution in [-0.2, 0) is 11.2 Å². The van der Waals surface area contributed by atoms with Gasteiger partial charge in [-0.3, -0.25) is 9.97 Å². The Balaban J connectivity index is 1.87. The van der Waals surface area contributed by atoms with Gasteiger partial charge in [0, 0.05) is 25.1 Å². The number of rotatable bonds is 2. The van der Waals surface area contributed by atoms with E-state index in [4.69, 9.17) is 10.5 Å². The third-order valence-corrected chi connectivity index (χ3v) is 3.48. The molecular formula is C14H17N3O. The second kappa shape index (κ2) is 4.90. The van der Waals surface area contributed by atoms with Gasteiger partial charge in [-0.15, -0.1) is 0 Å². The average molecular weight is 243 g/mol. The molecule has 3 rings (SSSR count). The Morgan fingerprint density at radius 1 is 1.33 bits per heavy atom. The molecule has 0 spiro atoms. The molecule has 0 unspecified atom stereocenters. The number of anilines is 1. The first kappa shape index (κ1) is 11.4. The summed E-state index contributed by atoms with van der Waals surface area (Å²) in [6, 6.07) is 5.82. The number of hydrogen-bond donors (Lipinski definition) is 1. The van der Waals surface area contributed by atoms with Crippen molar-refractivity contribution in [3.63, 3.8) is 0 Å². The van der Waals surface area contributed by atoms with Crippen LogP contribution in [0, 0.1) is 5.92 Å². The Labute approximate surface area is 106 Å². The Bertz CT molecular complexity index is 550. The molecule has 0 radical (unpaired) electrons. The van der Waals surface area contributed by atoms with Crippen molar-refractivity contribution in [3.05, 3.63) is 30.1 Å². The van der Waals surface area contributed by atoms with E-state index in [-0.39, 0.29) is 0 Å². The van der Waals surface area contributed by atoms with E-state index >= 15 is 0 Å². The zero-order valence-corrected chi connectivity index (χ0v) is 10.3. The molecule has 0 atom stereocenters. The molecule has 3 heterocycles. The molecule has 2 aromatic rings. The van der Waals surface area contributed by atoms with Crippen molar-refractivity contribution in [2.45, 2.75) is 19.3 Å². The molecule has 1 fully saturated rings. The van der Waals surface area contributed by atoms with Crippen LogP contribution in [0.25, 0.3) is 11.0 Å². The largest absolute Gasteiger partial charge is 0.397 e. The number of hydrogen-bond acceptors (Lipinski definition) is 4. The van der Waals surface area contributed by atoms with Gasteiger partial charge in [-0.2, -0.15) is 0 Å². The molecule has 2 aromatic heterocycles. The molecule has 0 aliphatic carbocycles. The van der Waals surface area contributed by atoms with Crippen molar-refractivity contribution in [3.8, 4) is 0 Å². The van der Waals surface area contributed by atoms with Gasteiger partial charge in [-0.05, 0) is 43.4 Å². The SMILES string of the molecule is Nc1cc(CC2CCOCC2)nc2cccnc12. The second-order valence-electron chi connectivity index (χ2n) is 4.83. The summed E-state index contributed by atoms with van der Waals surface area (Å²) in [4.78, 5) is 8.91. The van der Waals surface area contributed by atoms with Crippen molar-refractivity contribution in [1.82, 2.24) is 9.97 Å². The maximum atomic E-state index is 6.03. The molecule has 1 aliphatic rings. The van der Waals surface area contributed by atoms with Crippen molar-refractivity contribution in [2.75, 3.05) is 18.9 Å². The Kier molecular flexibility index (Phi) is 3.11. The summed E-state index contributed by atoms with van der Waals surface area (Å²) in [6.45, 7) is 1.74. The summed E-state index contributed by atoms with van der Waals surface area (Å²) in [6.07, 6.45) is 4.97. The summed E-state index contributed by atoms with van der Waals surface area (Å²) < 4.78 is 5.38. The molecule has 18 heavy (non-hydrogen) atoms. The number of ether oxygens (including phenoxy) is 1. The van der Waals surface area contributed by atoms with E-state index in [9.17, 15) is 0 Å². The minimum atomic E-state index is 0.666. The van der Waals surface area contributed by atoms with E-state index in [0.717, 1.165) is 54.9 Å². The van der Waals surface area contributed by atoms with Gasteiger partial charge in [0.1, 0.15) is 5.52 Å². The predicted molar refractivity (Wildman–Crippen MR) is 71.2 cm³/mol. The fourth-order valence-corrected chi connectivity index (χ4v) is 2.50. The quantitative estimate of drug-likeness (QED) is 0.878. The van der Waals surface area contributed by atoms with Crippen LogP contribution in [0.15, 0.2) is 24.4 Å². The number of nitrogen functional groups attached to an aromatic ring is 1. The van der Waals surface area contributed by atoms with E-state index in [2.05, 4.69) is 9.97 Å². The molecule has 0 amide bonds. The first-order valence-corrected chi connectivity index (χ1v) is 6.41. The van der Waals surface area contributed by atoms with Gasteiger partial charge >= 0.3 is 0 Å². The number of aromatic nitrogens is 2. The maximum absolute atomic E-state index is 6.03. The lowest BCUT2D eigenvalue weighted by molar-refractivity contribution is 0.0663. The lowest BCUT2D eigenvalue weighted by atomic mass is 9.94. The monoisotopic (exact) mass is 243 g/mol. The predicted octanol–water partition coefficient (Wildman–Crippen LogP) is 2.18. The minimum absolute atomic E-state index is 0.666. The van der Waals surface area contributed by atoms with Gasteiger partial charge in [0.25, 0.3) is 0 Å². The van der Waals surface area contributed by atoms with Gasteiger partial charge in [0.2, 0.25) is 0 Å². The number of pyridine rings is 2. The van der Waals surface area contributed by atoms with E-state index in [1.807, 2.05) is 18.2 Å². The topological polar surface area (TPSA) is 61.0 Å². The fourth-order valence-electron chi connectivity index (χ4n) is 2.50. The second-order valence-corrected chi connectivity index (χ2v) is 4.83. The highest BCUT2D eigenvalue weighted by Gasteiger charge is 2.15. The standard InChI is InChI=1S/C14H17N3O/c15-12-9-11(8-10-3-6-18-7-4-10)17-13-2-1-5-16-14(12)13/h1-2,5,9-10H,3-4,6-8H2,(H2,15,17). The van der Waals surface area contributed by atoms with Crippen LogP contribution in [-0.4, -0.2) is 23.2 Å². The van der Waals surface area contributed by atoms with Crippen molar-refractivity contribution < 1.29 is 4.74 Å². The molecular weight excluding hydrogens is 226 g/mol. The Morgan fingerprint density at radius 3 is 3.00 bits per heavy atom. The molecule has 4 heteroatoms. The molecule has 4 nitrogen and oxygen atoms in total. The van der Waals surface area contributed by atoms with Crippen LogP contribution in [0.1, 0.15) is 18.5 Å². The van der Waals surface area contributed by atoms with E-state index in [0.29, 0.717) is 5.92 Å². The van der Waals surface area contributed by atoms with Crippen molar-refractivity contribution in [1.29, 1.82) is 0 Å². The van der Waals surface area contributed by atoms with Crippen LogP contribution in [0.4, 0.5) is 5.69 Å². The molecule has 0 bridgehead atoms. The lowest BCUT2D eigenvalue weighted by Gasteiger charge is -2.21. The van der Waals surface area contributed by atoms with E-state index in [1.165, 1.54) is 0 Å². The van der Waals surface area contributed by atoms with Gasteiger partial charge in [0.05, 0.1) is 11.2 Å². The van der Waals surface area contributed by atoms with Crippen LogP contribution >= 0.6 is 0 Å². The van der Waals surface area contributed by atoms with Crippen molar-refractivity contribution >= 4 is 16.7 Å². The molecule has 1 saturated heterocycles. The van der Waals surface area contributed by atoms with Gasteiger partial charge < -0.3 is 10.5 Å². The highest BCUT2D eigenvalue weighted by Crippen LogP contribution is 2.23. The van der Waals surface area contributed by atoms with E-state index < -0.39 is 0 Å². The zero-order valence-electron chi connectivity index (χ0n) is 10.3. The van der Waals surface area contributed by atoms with Gasteiger partial charge in [0.15, 0.2) is 0 Å². The number of fused-ring (bicyclic) bond motifs is 1. The maximum Gasteiger partial charge on any atom is 0.112 e. The average Bonchev–Trinajstić information content (AvgIpc) is 2.40. The van der Waals surface area contributed by atoms with Gasteiger partial charge in [-0.1, -0.05) is 0 Å². The van der Waals surface area contributed by atoms with Crippen LogP contribution in [0.3, 0.4) is 0 Å². The molecule has 1 aliphatic heterocycles. The summed E-state index contributed by atoms with van der Waals surface area (Å²) >= 11 is 0. The van der Waals surface area contributed by atoms with Crippen LogP contribution < -0.4 is 5.73 Å². The van der Waals surface area contributed by atoms with Gasteiger partial charge in [-0.25, -0.2) is 0 Å². The molecule has 0 saturated carbocycles. The smallest absolute Gasteiger partial charge is 0.112 e. The molecule has 94 valence electrons. The lowest BCUT2D eigenvalue weighted by Crippen LogP contribution is -2.18. The summed E-state index contributed by atoms with van der Waals surface area (Å²) in [5.41, 5.74) is 9.52. The first-order valence-electron chi connectivity index (χ1n) is 6.41. The third-order valence-electron chi connectivity index (χ3n) is 3.48. The van der Waals surface area contributed by atoms with Crippen LogP contribution in [0.5, 0.6) is 0 Å². The fraction of sp³-hybridized carbons (Fsp3) is 0.429. The highest BCUT2D eigenvalue weighted by molar-refractivity contribution is 5.86. The Morgan fingerprint density at radius 2 is 2.17 bits per heavy atom. The zero-order chi connectivity index (χ0) is 12.4. The first-order chi connectivity index (χ1) is 8.83. The van der Waals surface area contributed by atoms with E-state index in [1.54, 1.807) is 6.20 Å². The van der Waals surface area contributed by atoms with Crippen LogP contribution in [0.2, 0.25) is 0 Å². The molecule has 0 aromatic carbocycles. The summed E-state index contributed by atoms with van der Waals surface area (Å²) in [7, 11) is 0. The summed E-state index contributed by atoms with van der Waals surface area (Å²) in [5, 5.41) is 0. The third kappa shape index (κ3) is 2.29. The highest BCUT2D eigenvalue weighted by atomic mass is 16.5. The Hall–Kier alpha value is -1.68. The number of nitrogens with zero attached hydrogens (tertiary/aromatic N) is 2. The molecule has 2 N–H and O–H groups in total. The summed E-state index contributed by atoms with van der Waals surface area (Å²) in [5.74, 6) is 0.666. The minimum Gasteiger partial charge on any atom is -0.397 e. The van der Waals surface area contributed by atoms with Crippen molar-refractivity contribution in [2.24, 2.45) is 5.92 Å².